The number of rotatable bonds is 5. The average Bonchev–Trinajstić information content (AvgIpc) is 3.29. The van der Waals surface area contributed by atoms with E-state index in [1.165, 1.54) is 12.4 Å². The van der Waals surface area contributed by atoms with Crippen LogP contribution < -0.4 is 5.73 Å². The van der Waals surface area contributed by atoms with Crippen LogP contribution in [0.3, 0.4) is 0 Å². The van der Waals surface area contributed by atoms with Gasteiger partial charge in [-0.1, -0.05) is 6.07 Å². The van der Waals surface area contributed by atoms with Crippen LogP contribution in [0.2, 0.25) is 0 Å². The van der Waals surface area contributed by atoms with Crippen molar-refractivity contribution in [2.75, 3.05) is 0 Å². The van der Waals surface area contributed by atoms with Crippen LogP contribution in [0.15, 0.2) is 43.1 Å². The van der Waals surface area contributed by atoms with Crippen LogP contribution in [0.4, 0.5) is 13.2 Å². The molecule has 3 aromatic heterocycles. The van der Waals surface area contributed by atoms with Crippen molar-refractivity contribution >= 4 is 17.9 Å². The highest BCUT2D eigenvalue weighted by molar-refractivity contribution is 5.85. The van der Waals surface area contributed by atoms with Crippen molar-refractivity contribution in [2.45, 2.75) is 19.4 Å². The second-order valence-corrected chi connectivity index (χ2v) is 6.43. The second-order valence-electron chi connectivity index (χ2n) is 6.43. The van der Waals surface area contributed by atoms with Crippen molar-refractivity contribution in [1.82, 2.24) is 24.4 Å². The molecule has 0 unspecified atom stereocenters. The fourth-order valence-electron chi connectivity index (χ4n) is 3.28. The van der Waals surface area contributed by atoms with Crippen molar-refractivity contribution in [3.8, 4) is 22.4 Å². The van der Waals surface area contributed by atoms with Crippen molar-refractivity contribution in [2.24, 2.45) is 12.8 Å². The van der Waals surface area contributed by atoms with E-state index in [4.69, 9.17) is 5.73 Å². The van der Waals surface area contributed by atoms with E-state index in [2.05, 4.69) is 15.2 Å². The van der Waals surface area contributed by atoms with E-state index in [-0.39, 0.29) is 30.1 Å². The molecule has 0 amide bonds. The van der Waals surface area contributed by atoms with Gasteiger partial charge < -0.3 is 5.73 Å². The summed E-state index contributed by atoms with van der Waals surface area (Å²) < 4.78 is 44.3. The molecule has 29 heavy (non-hydrogen) atoms. The van der Waals surface area contributed by atoms with Gasteiger partial charge in [-0.25, -0.2) is 22.7 Å². The SMILES string of the molecule is Cl.Cn1cc(-c2cc3c(-c4ccc(CN)c(CC(F)F)c4F)ncnn3c2)cn1. The molecule has 0 aliphatic heterocycles. The lowest BCUT2D eigenvalue weighted by Crippen LogP contribution is -2.09. The smallest absolute Gasteiger partial charge is 0.242 e. The zero-order chi connectivity index (χ0) is 19.8. The fourth-order valence-corrected chi connectivity index (χ4v) is 3.28. The minimum Gasteiger partial charge on any atom is -0.326 e. The molecule has 152 valence electrons. The number of nitrogens with two attached hydrogens (primary N) is 1. The Morgan fingerprint density at radius 1 is 1.14 bits per heavy atom. The third-order valence-electron chi connectivity index (χ3n) is 4.62. The lowest BCUT2D eigenvalue weighted by molar-refractivity contribution is 0.147. The third kappa shape index (κ3) is 3.83. The highest BCUT2D eigenvalue weighted by atomic mass is 35.5. The summed E-state index contributed by atoms with van der Waals surface area (Å²) in [6.45, 7) is -0.0191. The van der Waals surface area contributed by atoms with E-state index >= 15 is 4.39 Å². The minimum atomic E-state index is -2.68. The molecule has 0 bridgehead atoms. The summed E-state index contributed by atoms with van der Waals surface area (Å²) >= 11 is 0. The van der Waals surface area contributed by atoms with Gasteiger partial charge in [0.25, 0.3) is 0 Å². The van der Waals surface area contributed by atoms with Crippen LogP contribution in [-0.2, 0) is 20.0 Å². The van der Waals surface area contributed by atoms with Gasteiger partial charge in [-0.15, -0.1) is 12.4 Å². The maximum Gasteiger partial charge on any atom is 0.242 e. The third-order valence-corrected chi connectivity index (χ3v) is 4.62. The van der Waals surface area contributed by atoms with Crippen LogP contribution in [-0.4, -0.2) is 30.8 Å². The standard InChI is InChI=1S/C19H17F3N6.ClH/c1-27-8-13(7-25-27)12-4-16-19(24-10-26-28(16)9-12)14-3-2-11(6-23)15(18(14)22)5-17(20)21;/h2-4,7-10,17H,5-6,23H2,1H3;1H. The number of nitrogens with zero attached hydrogens (tertiary/aromatic N) is 5. The van der Waals surface area contributed by atoms with Gasteiger partial charge in [0.2, 0.25) is 6.43 Å². The zero-order valence-electron chi connectivity index (χ0n) is 15.4. The van der Waals surface area contributed by atoms with Gasteiger partial charge in [-0.3, -0.25) is 4.68 Å². The van der Waals surface area contributed by atoms with Crippen LogP contribution in [0.25, 0.3) is 27.9 Å². The maximum absolute atomic E-state index is 15.2. The van der Waals surface area contributed by atoms with Gasteiger partial charge in [-0.05, 0) is 23.3 Å². The summed E-state index contributed by atoms with van der Waals surface area (Å²) in [7, 11) is 1.81. The predicted octanol–water partition coefficient (Wildman–Crippen LogP) is 3.62. The Kier molecular flexibility index (Phi) is 5.90. The molecular weight excluding hydrogens is 405 g/mol. The van der Waals surface area contributed by atoms with Gasteiger partial charge in [0.05, 0.1) is 11.7 Å². The lowest BCUT2D eigenvalue weighted by Gasteiger charge is -2.13. The van der Waals surface area contributed by atoms with E-state index in [0.29, 0.717) is 16.8 Å². The summed E-state index contributed by atoms with van der Waals surface area (Å²) in [5, 5.41) is 8.32. The number of hydrogen-bond donors (Lipinski definition) is 1. The molecule has 0 saturated heterocycles. The molecule has 0 aliphatic rings. The molecule has 10 heteroatoms. The van der Waals surface area contributed by atoms with E-state index in [9.17, 15) is 8.78 Å². The highest BCUT2D eigenvalue weighted by Crippen LogP contribution is 2.32. The first-order valence-corrected chi connectivity index (χ1v) is 8.59. The summed E-state index contributed by atoms with van der Waals surface area (Å²) in [4.78, 5) is 4.21. The molecule has 0 aliphatic carbocycles. The molecule has 1 aromatic carbocycles. The Morgan fingerprint density at radius 3 is 2.59 bits per heavy atom. The van der Waals surface area contributed by atoms with Gasteiger partial charge >= 0.3 is 0 Å². The first kappa shape index (κ1) is 20.8. The fraction of sp³-hybridized carbons (Fsp3) is 0.211. The Balaban J connectivity index is 0.00000240. The highest BCUT2D eigenvalue weighted by Gasteiger charge is 2.20. The summed E-state index contributed by atoms with van der Waals surface area (Å²) in [6, 6.07) is 4.90. The van der Waals surface area contributed by atoms with Crippen LogP contribution in [0.5, 0.6) is 0 Å². The molecular formula is C19H18ClF3N6. The summed E-state index contributed by atoms with van der Waals surface area (Å²) in [5.41, 5.74) is 8.60. The molecule has 3 heterocycles. The quantitative estimate of drug-likeness (QED) is 0.533. The molecule has 2 N–H and O–H groups in total. The second kappa shape index (κ2) is 8.22. The largest absolute Gasteiger partial charge is 0.326 e. The number of hydrogen-bond acceptors (Lipinski definition) is 4. The van der Waals surface area contributed by atoms with Crippen LogP contribution >= 0.6 is 12.4 Å². The van der Waals surface area contributed by atoms with Crippen molar-refractivity contribution < 1.29 is 13.2 Å². The first-order valence-electron chi connectivity index (χ1n) is 8.59. The number of aromatic nitrogens is 5. The Hall–Kier alpha value is -2.91. The minimum absolute atomic E-state index is 0. The monoisotopic (exact) mass is 422 g/mol. The van der Waals surface area contributed by atoms with Crippen molar-refractivity contribution in [1.29, 1.82) is 0 Å². The lowest BCUT2D eigenvalue weighted by atomic mass is 9.98. The molecule has 0 saturated carbocycles. The number of benzene rings is 1. The molecule has 0 spiro atoms. The van der Waals surface area contributed by atoms with Crippen LogP contribution in [0.1, 0.15) is 11.1 Å². The normalized spacial score (nSPS) is 11.2. The number of halogens is 4. The molecule has 0 radical (unpaired) electrons. The topological polar surface area (TPSA) is 74.0 Å². The molecule has 4 rings (SSSR count). The summed E-state index contributed by atoms with van der Waals surface area (Å²) in [6.07, 6.45) is 3.27. The molecule has 6 nitrogen and oxygen atoms in total. The van der Waals surface area contributed by atoms with Gasteiger partial charge in [0, 0.05) is 49.1 Å². The van der Waals surface area contributed by atoms with E-state index in [1.807, 2.05) is 19.3 Å². The predicted molar refractivity (Wildman–Crippen MR) is 105 cm³/mol. The molecule has 0 fully saturated rings. The van der Waals surface area contributed by atoms with Crippen LogP contribution in [0, 0.1) is 5.82 Å². The Labute approximate surface area is 170 Å². The van der Waals surface area contributed by atoms with Gasteiger partial charge in [0.15, 0.2) is 0 Å². The number of fused-ring (bicyclic) bond motifs is 1. The Bertz CT molecular complexity index is 1150. The zero-order valence-corrected chi connectivity index (χ0v) is 16.2. The Morgan fingerprint density at radius 2 is 1.93 bits per heavy atom. The van der Waals surface area contributed by atoms with Crippen molar-refractivity contribution in [3.05, 3.63) is 60.1 Å². The van der Waals surface area contributed by atoms with Gasteiger partial charge in [-0.2, -0.15) is 10.2 Å². The van der Waals surface area contributed by atoms with E-state index < -0.39 is 18.7 Å². The summed E-state index contributed by atoms with van der Waals surface area (Å²) in [5.74, 6) is -0.729. The van der Waals surface area contributed by atoms with E-state index in [1.54, 1.807) is 27.7 Å². The number of aryl methyl sites for hydroxylation is 1. The number of alkyl halides is 2. The first-order chi connectivity index (χ1) is 13.5. The molecule has 0 atom stereocenters. The maximum atomic E-state index is 15.2. The van der Waals surface area contributed by atoms with E-state index in [0.717, 1.165) is 11.1 Å². The van der Waals surface area contributed by atoms with Crippen molar-refractivity contribution in [3.63, 3.8) is 0 Å². The van der Waals surface area contributed by atoms with Gasteiger partial charge in [0.1, 0.15) is 17.8 Å². The molecule has 4 aromatic rings. The average molecular weight is 423 g/mol.